The van der Waals surface area contributed by atoms with Crippen LogP contribution >= 0.6 is 0 Å². The highest BCUT2D eigenvalue weighted by Crippen LogP contribution is 2.24. The number of rotatable bonds is 4. The highest BCUT2D eigenvalue weighted by atomic mass is 15.1. The van der Waals surface area contributed by atoms with Crippen LogP contribution in [0.5, 0.6) is 0 Å². The summed E-state index contributed by atoms with van der Waals surface area (Å²) in [6, 6.07) is 17.7. The van der Waals surface area contributed by atoms with Gasteiger partial charge in [0.2, 0.25) is 0 Å². The summed E-state index contributed by atoms with van der Waals surface area (Å²) in [6.45, 7) is 3.71. The summed E-state index contributed by atoms with van der Waals surface area (Å²) >= 11 is 0. The monoisotopic (exact) mass is 251 g/mol. The minimum absolute atomic E-state index is 0.689. The quantitative estimate of drug-likeness (QED) is 0.849. The maximum atomic E-state index is 8.93. The zero-order chi connectivity index (χ0) is 13.7. The standard InChI is InChI=1S/C16H17N3/c1-2-19(16-9-4-3-8-15(16)18)12-14-7-5-6-13(10-14)11-17/h3-10H,2,12,18H2,1H3. The Hall–Kier alpha value is -2.47. The van der Waals surface area contributed by atoms with Crippen molar-refractivity contribution < 1.29 is 0 Å². The van der Waals surface area contributed by atoms with E-state index in [1.807, 2.05) is 48.5 Å². The lowest BCUT2D eigenvalue weighted by atomic mass is 10.1. The van der Waals surface area contributed by atoms with Crippen molar-refractivity contribution in [2.24, 2.45) is 0 Å². The van der Waals surface area contributed by atoms with Gasteiger partial charge in [0, 0.05) is 13.1 Å². The van der Waals surface area contributed by atoms with Crippen molar-refractivity contribution in [2.45, 2.75) is 13.5 Å². The van der Waals surface area contributed by atoms with Crippen LogP contribution in [-0.2, 0) is 6.54 Å². The zero-order valence-electron chi connectivity index (χ0n) is 11.0. The fourth-order valence-corrected chi connectivity index (χ4v) is 2.10. The van der Waals surface area contributed by atoms with E-state index < -0.39 is 0 Å². The van der Waals surface area contributed by atoms with E-state index in [0.717, 1.165) is 30.0 Å². The zero-order valence-corrected chi connectivity index (χ0v) is 11.0. The van der Waals surface area contributed by atoms with Crippen LogP contribution in [0.25, 0.3) is 0 Å². The van der Waals surface area contributed by atoms with Crippen molar-refractivity contribution in [1.82, 2.24) is 0 Å². The summed E-state index contributed by atoms with van der Waals surface area (Å²) in [5.74, 6) is 0. The van der Waals surface area contributed by atoms with E-state index in [1.165, 1.54) is 0 Å². The number of nitrogens with two attached hydrogens (primary N) is 1. The maximum Gasteiger partial charge on any atom is 0.0991 e. The molecular formula is C16H17N3. The van der Waals surface area contributed by atoms with Gasteiger partial charge in [-0.1, -0.05) is 24.3 Å². The van der Waals surface area contributed by atoms with Crippen molar-refractivity contribution >= 4 is 11.4 Å². The molecule has 0 amide bonds. The van der Waals surface area contributed by atoms with Gasteiger partial charge in [-0.3, -0.25) is 0 Å². The van der Waals surface area contributed by atoms with Crippen LogP contribution in [-0.4, -0.2) is 6.54 Å². The van der Waals surface area contributed by atoms with Crippen LogP contribution in [0.3, 0.4) is 0 Å². The van der Waals surface area contributed by atoms with E-state index in [4.69, 9.17) is 11.0 Å². The molecule has 0 spiro atoms. The van der Waals surface area contributed by atoms with Crippen molar-refractivity contribution in [2.75, 3.05) is 17.2 Å². The van der Waals surface area contributed by atoms with Crippen molar-refractivity contribution in [3.8, 4) is 6.07 Å². The Bertz CT molecular complexity index is 599. The molecule has 19 heavy (non-hydrogen) atoms. The molecule has 0 fully saturated rings. The molecule has 2 aromatic rings. The molecule has 0 aliphatic carbocycles. The van der Waals surface area contributed by atoms with E-state index in [2.05, 4.69) is 17.9 Å². The van der Waals surface area contributed by atoms with Crippen LogP contribution in [0, 0.1) is 11.3 Å². The molecule has 0 aliphatic rings. The third kappa shape index (κ3) is 3.05. The summed E-state index contributed by atoms with van der Waals surface area (Å²) in [7, 11) is 0. The predicted molar refractivity (Wildman–Crippen MR) is 78.7 cm³/mol. The molecule has 2 N–H and O–H groups in total. The number of nitrogen functional groups attached to an aromatic ring is 1. The van der Waals surface area contributed by atoms with E-state index in [0.29, 0.717) is 5.56 Å². The molecule has 0 aliphatic heterocycles. The molecule has 2 aromatic carbocycles. The molecule has 0 radical (unpaired) electrons. The highest BCUT2D eigenvalue weighted by Gasteiger charge is 2.08. The fourth-order valence-electron chi connectivity index (χ4n) is 2.10. The third-order valence-corrected chi connectivity index (χ3v) is 3.09. The molecule has 0 atom stereocenters. The Morgan fingerprint density at radius 1 is 1.16 bits per heavy atom. The van der Waals surface area contributed by atoms with Crippen LogP contribution in [0.15, 0.2) is 48.5 Å². The second-order valence-electron chi connectivity index (χ2n) is 4.39. The number of hydrogen-bond acceptors (Lipinski definition) is 3. The summed E-state index contributed by atoms with van der Waals surface area (Å²) in [5.41, 5.74) is 9.63. The van der Waals surface area contributed by atoms with E-state index in [-0.39, 0.29) is 0 Å². The lowest BCUT2D eigenvalue weighted by Crippen LogP contribution is -2.23. The first-order chi connectivity index (χ1) is 9.24. The number of benzene rings is 2. The van der Waals surface area contributed by atoms with Gasteiger partial charge in [-0.15, -0.1) is 0 Å². The van der Waals surface area contributed by atoms with Crippen molar-refractivity contribution in [1.29, 1.82) is 5.26 Å². The Morgan fingerprint density at radius 2 is 1.95 bits per heavy atom. The molecule has 2 rings (SSSR count). The first kappa shape index (κ1) is 13.0. The molecule has 0 bridgehead atoms. The minimum Gasteiger partial charge on any atom is -0.397 e. The second-order valence-corrected chi connectivity index (χ2v) is 4.39. The number of nitriles is 1. The number of hydrogen-bond donors (Lipinski definition) is 1. The average Bonchev–Trinajstić information content (AvgIpc) is 2.46. The lowest BCUT2D eigenvalue weighted by Gasteiger charge is -2.24. The van der Waals surface area contributed by atoms with E-state index >= 15 is 0 Å². The van der Waals surface area contributed by atoms with Gasteiger partial charge in [0.25, 0.3) is 0 Å². The summed E-state index contributed by atoms with van der Waals surface area (Å²) < 4.78 is 0. The fraction of sp³-hybridized carbons (Fsp3) is 0.188. The minimum atomic E-state index is 0.689. The van der Waals surface area contributed by atoms with Gasteiger partial charge < -0.3 is 10.6 Å². The van der Waals surface area contributed by atoms with Gasteiger partial charge in [0.05, 0.1) is 23.0 Å². The molecule has 3 nitrogen and oxygen atoms in total. The van der Waals surface area contributed by atoms with Gasteiger partial charge >= 0.3 is 0 Å². The van der Waals surface area contributed by atoms with Gasteiger partial charge in [0.15, 0.2) is 0 Å². The number of nitrogens with zero attached hydrogens (tertiary/aromatic N) is 2. The van der Waals surface area contributed by atoms with Crippen LogP contribution in [0.4, 0.5) is 11.4 Å². The van der Waals surface area contributed by atoms with Gasteiger partial charge in [-0.2, -0.15) is 5.26 Å². The van der Waals surface area contributed by atoms with Gasteiger partial charge in [-0.25, -0.2) is 0 Å². The molecule has 96 valence electrons. The first-order valence-corrected chi connectivity index (χ1v) is 6.33. The lowest BCUT2D eigenvalue weighted by molar-refractivity contribution is 0.833. The second kappa shape index (κ2) is 5.92. The summed E-state index contributed by atoms with van der Waals surface area (Å²) in [4.78, 5) is 2.20. The van der Waals surface area contributed by atoms with Crippen LogP contribution < -0.4 is 10.6 Å². The van der Waals surface area contributed by atoms with Crippen molar-refractivity contribution in [3.05, 3.63) is 59.7 Å². The largest absolute Gasteiger partial charge is 0.397 e. The number of anilines is 2. The molecule has 3 heteroatoms. The van der Waals surface area contributed by atoms with Crippen molar-refractivity contribution in [3.63, 3.8) is 0 Å². The Kier molecular flexibility index (Phi) is 4.04. The van der Waals surface area contributed by atoms with Gasteiger partial charge in [0.1, 0.15) is 0 Å². The molecule has 0 saturated carbocycles. The SMILES string of the molecule is CCN(Cc1cccc(C#N)c1)c1ccccc1N. The van der Waals surface area contributed by atoms with E-state index in [9.17, 15) is 0 Å². The summed E-state index contributed by atoms with van der Waals surface area (Å²) in [5, 5.41) is 8.93. The normalized spacial score (nSPS) is 9.89. The molecular weight excluding hydrogens is 234 g/mol. The van der Waals surface area contributed by atoms with Crippen LogP contribution in [0.2, 0.25) is 0 Å². The first-order valence-electron chi connectivity index (χ1n) is 6.33. The predicted octanol–water partition coefficient (Wildman–Crippen LogP) is 3.17. The Balaban J connectivity index is 2.24. The molecule has 0 saturated heterocycles. The van der Waals surface area contributed by atoms with Gasteiger partial charge in [-0.05, 0) is 36.8 Å². The smallest absolute Gasteiger partial charge is 0.0991 e. The molecule has 0 aromatic heterocycles. The summed E-state index contributed by atoms with van der Waals surface area (Å²) in [6.07, 6.45) is 0. The maximum absolute atomic E-state index is 8.93. The third-order valence-electron chi connectivity index (χ3n) is 3.09. The van der Waals surface area contributed by atoms with Crippen LogP contribution in [0.1, 0.15) is 18.1 Å². The highest BCUT2D eigenvalue weighted by molar-refractivity contribution is 5.67. The Morgan fingerprint density at radius 3 is 2.63 bits per heavy atom. The Labute approximate surface area is 113 Å². The molecule has 0 heterocycles. The number of para-hydroxylation sites is 2. The molecule has 0 unspecified atom stereocenters. The van der Waals surface area contributed by atoms with E-state index in [1.54, 1.807) is 0 Å². The topological polar surface area (TPSA) is 53.0 Å². The average molecular weight is 251 g/mol.